The van der Waals surface area contributed by atoms with Gasteiger partial charge in [0.2, 0.25) is 0 Å². The van der Waals surface area contributed by atoms with Crippen LogP contribution in [0.5, 0.6) is 11.5 Å². The average molecular weight is 431 g/mol. The molecule has 0 aromatic heterocycles. The number of carbonyl (C=O) groups is 2. The second-order valence-electron chi connectivity index (χ2n) is 7.60. The molecule has 2 aromatic carbocycles. The summed E-state index contributed by atoms with van der Waals surface area (Å²) >= 11 is 6.01. The second-order valence-corrected chi connectivity index (χ2v) is 8.04. The molecular formula is C23H27ClN2O4. The van der Waals surface area contributed by atoms with E-state index in [1.54, 1.807) is 42.5 Å². The summed E-state index contributed by atoms with van der Waals surface area (Å²) in [5.74, 6) is 0.935. The van der Waals surface area contributed by atoms with Crippen LogP contribution in [0.3, 0.4) is 0 Å². The van der Waals surface area contributed by atoms with Gasteiger partial charge in [-0.1, -0.05) is 11.6 Å². The Labute approximate surface area is 182 Å². The molecule has 0 radical (unpaired) electrons. The van der Waals surface area contributed by atoms with Crippen LogP contribution in [-0.4, -0.2) is 49.1 Å². The van der Waals surface area contributed by atoms with Gasteiger partial charge in [-0.25, -0.2) is 0 Å². The highest BCUT2D eigenvalue weighted by atomic mass is 35.5. The van der Waals surface area contributed by atoms with Gasteiger partial charge in [0, 0.05) is 23.2 Å². The molecule has 7 heteroatoms. The summed E-state index contributed by atoms with van der Waals surface area (Å²) in [7, 11) is 1.53. The molecule has 0 saturated carbocycles. The number of halogens is 1. The van der Waals surface area contributed by atoms with Crippen LogP contribution in [0.2, 0.25) is 5.02 Å². The Morgan fingerprint density at radius 3 is 2.60 bits per heavy atom. The summed E-state index contributed by atoms with van der Waals surface area (Å²) in [6.45, 7) is 4.90. The number of hydrogen-bond acceptors (Lipinski definition) is 4. The highest BCUT2D eigenvalue weighted by Crippen LogP contribution is 2.28. The molecule has 3 rings (SSSR count). The standard InChI is InChI=1S/C23H27ClN2O4/c1-15(2)25-22(27)16-6-9-19(10-7-16)30-14-18-5-4-12-26(18)23(28)20-11-8-17(24)13-21(20)29-3/h6-11,13,15,18H,4-5,12,14H2,1-3H3,(H,25,27)/t18-/m0/s1. The number of methoxy groups -OCH3 is 1. The Kier molecular flexibility index (Phi) is 7.21. The molecule has 30 heavy (non-hydrogen) atoms. The quantitative estimate of drug-likeness (QED) is 0.715. The predicted molar refractivity (Wildman–Crippen MR) is 117 cm³/mol. The Morgan fingerprint density at radius 2 is 1.93 bits per heavy atom. The van der Waals surface area contributed by atoms with Gasteiger partial charge in [-0.3, -0.25) is 9.59 Å². The predicted octanol–water partition coefficient (Wildman–Crippen LogP) is 4.17. The van der Waals surface area contributed by atoms with E-state index in [0.29, 0.717) is 40.8 Å². The maximum Gasteiger partial charge on any atom is 0.257 e. The van der Waals surface area contributed by atoms with Crippen molar-refractivity contribution in [2.45, 2.75) is 38.8 Å². The van der Waals surface area contributed by atoms with E-state index in [0.717, 1.165) is 12.8 Å². The lowest BCUT2D eigenvalue weighted by atomic mass is 10.1. The number of benzene rings is 2. The van der Waals surface area contributed by atoms with Gasteiger partial charge in [-0.05, 0) is 69.2 Å². The summed E-state index contributed by atoms with van der Waals surface area (Å²) in [5, 5.41) is 3.38. The summed E-state index contributed by atoms with van der Waals surface area (Å²) in [6.07, 6.45) is 1.79. The molecule has 1 atom stereocenters. The summed E-state index contributed by atoms with van der Waals surface area (Å²) in [4.78, 5) is 26.9. The van der Waals surface area contributed by atoms with Gasteiger partial charge < -0.3 is 19.7 Å². The normalized spacial score (nSPS) is 15.9. The van der Waals surface area contributed by atoms with E-state index < -0.39 is 0 Å². The number of amides is 2. The van der Waals surface area contributed by atoms with Gasteiger partial charge in [0.15, 0.2) is 0 Å². The first-order valence-corrected chi connectivity index (χ1v) is 10.4. The lowest BCUT2D eigenvalue weighted by molar-refractivity contribution is 0.0688. The first-order valence-electron chi connectivity index (χ1n) is 10.1. The van der Waals surface area contributed by atoms with Crippen LogP contribution in [0.1, 0.15) is 47.4 Å². The molecule has 1 heterocycles. The first-order chi connectivity index (χ1) is 14.4. The zero-order valence-electron chi connectivity index (χ0n) is 17.5. The van der Waals surface area contributed by atoms with Gasteiger partial charge in [0.25, 0.3) is 11.8 Å². The molecule has 0 aliphatic carbocycles. The third kappa shape index (κ3) is 5.25. The number of nitrogens with one attached hydrogen (secondary N) is 1. The van der Waals surface area contributed by atoms with Crippen LogP contribution < -0.4 is 14.8 Å². The van der Waals surface area contributed by atoms with Crippen molar-refractivity contribution in [1.29, 1.82) is 0 Å². The van der Waals surface area contributed by atoms with Crippen LogP contribution >= 0.6 is 11.6 Å². The summed E-state index contributed by atoms with van der Waals surface area (Å²) in [6, 6.07) is 12.1. The molecule has 160 valence electrons. The number of nitrogens with zero attached hydrogens (tertiary/aromatic N) is 1. The number of carbonyl (C=O) groups excluding carboxylic acids is 2. The Bertz CT molecular complexity index is 899. The minimum atomic E-state index is -0.110. The molecule has 1 saturated heterocycles. The molecule has 0 spiro atoms. The van der Waals surface area contributed by atoms with Gasteiger partial charge in [0.05, 0.1) is 18.7 Å². The molecular weight excluding hydrogens is 404 g/mol. The van der Waals surface area contributed by atoms with E-state index in [1.165, 1.54) is 7.11 Å². The monoisotopic (exact) mass is 430 g/mol. The lowest BCUT2D eigenvalue weighted by Gasteiger charge is -2.25. The highest BCUT2D eigenvalue weighted by Gasteiger charge is 2.31. The molecule has 0 bridgehead atoms. The van der Waals surface area contributed by atoms with Crippen molar-refractivity contribution in [3.63, 3.8) is 0 Å². The minimum absolute atomic E-state index is 0.0261. The van der Waals surface area contributed by atoms with Gasteiger partial charge >= 0.3 is 0 Å². The van der Waals surface area contributed by atoms with Crippen molar-refractivity contribution in [1.82, 2.24) is 10.2 Å². The number of hydrogen-bond donors (Lipinski definition) is 1. The van der Waals surface area contributed by atoms with Crippen LogP contribution in [0.4, 0.5) is 0 Å². The molecule has 0 unspecified atom stereocenters. The zero-order chi connectivity index (χ0) is 21.7. The zero-order valence-corrected chi connectivity index (χ0v) is 18.2. The van der Waals surface area contributed by atoms with Crippen LogP contribution in [-0.2, 0) is 0 Å². The largest absolute Gasteiger partial charge is 0.496 e. The number of ether oxygens (including phenoxy) is 2. The molecule has 1 aliphatic heterocycles. The van der Waals surface area contributed by atoms with E-state index in [2.05, 4.69) is 5.32 Å². The molecule has 2 aromatic rings. The topological polar surface area (TPSA) is 67.9 Å². The van der Waals surface area contributed by atoms with Gasteiger partial charge in [0.1, 0.15) is 18.1 Å². The van der Waals surface area contributed by atoms with Crippen molar-refractivity contribution >= 4 is 23.4 Å². The Balaban J connectivity index is 1.63. The van der Waals surface area contributed by atoms with E-state index in [4.69, 9.17) is 21.1 Å². The molecule has 6 nitrogen and oxygen atoms in total. The van der Waals surface area contributed by atoms with E-state index in [-0.39, 0.29) is 23.9 Å². The van der Waals surface area contributed by atoms with Crippen molar-refractivity contribution < 1.29 is 19.1 Å². The van der Waals surface area contributed by atoms with E-state index in [1.807, 2.05) is 18.7 Å². The SMILES string of the molecule is COc1cc(Cl)ccc1C(=O)N1CCC[C@H]1COc1ccc(C(=O)NC(C)C)cc1. The highest BCUT2D eigenvalue weighted by molar-refractivity contribution is 6.30. The summed E-state index contributed by atoms with van der Waals surface area (Å²) < 4.78 is 11.2. The maximum absolute atomic E-state index is 13.1. The molecule has 1 aliphatic rings. The average Bonchev–Trinajstić information content (AvgIpc) is 3.20. The Hall–Kier alpha value is -2.73. The number of rotatable bonds is 7. The lowest BCUT2D eigenvalue weighted by Crippen LogP contribution is -2.39. The fourth-order valence-corrected chi connectivity index (χ4v) is 3.68. The van der Waals surface area contributed by atoms with Crippen LogP contribution in [0.15, 0.2) is 42.5 Å². The minimum Gasteiger partial charge on any atom is -0.496 e. The van der Waals surface area contributed by atoms with Crippen molar-refractivity contribution in [3.05, 3.63) is 58.6 Å². The van der Waals surface area contributed by atoms with Crippen molar-refractivity contribution in [2.24, 2.45) is 0 Å². The van der Waals surface area contributed by atoms with E-state index in [9.17, 15) is 9.59 Å². The third-order valence-corrected chi connectivity index (χ3v) is 5.25. The Morgan fingerprint density at radius 1 is 1.20 bits per heavy atom. The number of likely N-dealkylation sites (tertiary alicyclic amines) is 1. The molecule has 2 amide bonds. The first kappa shape index (κ1) is 22.0. The van der Waals surface area contributed by atoms with Crippen molar-refractivity contribution in [2.75, 3.05) is 20.3 Å². The summed E-state index contributed by atoms with van der Waals surface area (Å²) in [5.41, 5.74) is 1.08. The van der Waals surface area contributed by atoms with Crippen molar-refractivity contribution in [3.8, 4) is 11.5 Å². The third-order valence-electron chi connectivity index (χ3n) is 5.01. The maximum atomic E-state index is 13.1. The van der Waals surface area contributed by atoms with Crippen LogP contribution in [0.25, 0.3) is 0 Å². The smallest absolute Gasteiger partial charge is 0.257 e. The van der Waals surface area contributed by atoms with Gasteiger partial charge in [-0.2, -0.15) is 0 Å². The van der Waals surface area contributed by atoms with Crippen LogP contribution in [0, 0.1) is 0 Å². The fourth-order valence-electron chi connectivity index (χ4n) is 3.51. The fraction of sp³-hybridized carbons (Fsp3) is 0.391. The van der Waals surface area contributed by atoms with E-state index >= 15 is 0 Å². The van der Waals surface area contributed by atoms with Gasteiger partial charge in [-0.15, -0.1) is 0 Å². The second kappa shape index (κ2) is 9.85. The molecule has 1 fully saturated rings. The molecule has 1 N–H and O–H groups in total.